The number of methoxy groups -OCH3 is 1. The number of amides is 1. The van der Waals surface area contributed by atoms with Crippen molar-refractivity contribution in [2.45, 2.75) is 116 Å². The van der Waals surface area contributed by atoms with Gasteiger partial charge in [0, 0.05) is 19.1 Å². The van der Waals surface area contributed by atoms with E-state index in [1.54, 1.807) is 11.8 Å². The minimum atomic E-state index is -4.44. The van der Waals surface area contributed by atoms with E-state index < -0.39 is 20.0 Å². The first-order valence-electron chi connectivity index (χ1n) is 15.1. The molecule has 39 heavy (non-hydrogen) atoms. The maximum atomic E-state index is 11.9. The Morgan fingerprint density at radius 3 is 2.00 bits per heavy atom. The fourth-order valence-corrected chi connectivity index (χ4v) is 5.85. The van der Waals surface area contributed by atoms with E-state index in [1.165, 1.54) is 97.0 Å². The third kappa shape index (κ3) is 22.7. The number of ether oxygens (including phenoxy) is 2. The molecule has 1 aliphatic heterocycles. The number of hydrogen-bond acceptors (Lipinski definition) is 8. The van der Waals surface area contributed by atoms with Crippen LogP contribution in [0.3, 0.4) is 0 Å². The van der Waals surface area contributed by atoms with Gasteiger partial charge in [0.2, 0.25) is 0 Å². The number of alkyl carbamates (subject to hydrolysis) is 1. The van der Waals surface area contributed by atoms with Gasteiger partial charge in [-0.3, -0.25) is 9.46 Å². The topological polar surface area (TPSA) is 111 Å². The van der Waals surface area contributed by atoms with Crippen LogP contribution >= 0.6 is 19.6 Å². The quantitative estimate of drug-likeness (QED) is 0.0941. The Labute approximate surface area is 241 Å². The third-order valence-electron chi connectivity index (χ3n) is 6.79. The minimum absolute atomic E-state index is 0.0386. The van der Waals surface area contributed by atoms with Crippen LogP contribution in [0.4, 0.5) is 4.79 Å². The molecule has 0 saturated heterocycles. The van der Waals surface area contributed by atoms with E-state index in [2.05, 4.69) is 12.2 Å². The second-order valence-corrected chi connectivity index (χ2v) is 12.6. The summed E-state index contributed by atoms with van der Waals surface area (Å²) in [6.45, 7) is 3.01. The molecule has 0 aliphatic carbocycles. The summed E-state index contributed by atoms with van der Waals surface area (Å²) in [5, 5.41) is 4.71. The zero-order valence-electron chi connectivity index (χ0n) is 24.5. The molecule has 11 heteroatoms. The van der Waals surface area contributed by atoms with Gasteiger partial charge in [-0.25, -0.2) is 4.79 Å². The molecule has 3 unspecified atom stereocenters. The van der Waals surface area contributed by atoms with Gasteiger partial charge in [0.1, 0.15) is 37.9 Å². The Hall–Kier alpha value is -0.610. The number of thioether (sulfide) groups is 1. The van der Waals surface area contributed by atoms with E-state index in [9.17, 15) is 14.3 Å². The molecule has 0 aromatic carbocycles. The Balaban J connectivity index is 1.90. The number of nitrogens with one attached hydrogen (secondary N) is 2. The van der Waals surface area contributed by atoms with Crippen LogP contribution < -0.4 is 15.1 Å². The molecular weight excluding hydrogens is 539 g/mol. The standard InChI is InChI=1S/C28H55N2O7PS/c1-3-4-5-6-7-8-9-10-11-12-13-14-15-16-17-18-19-29-28(31)35-24-27(34-2)25-37-38(32,33)36-22-20-30-21-23-39-26-30/h21,23,27H,3-20,22,24-26H2,1-2H3,(H,29,31)(H,32,33). The number of phosphoric ester groups is 1. The predicted octanol–water partition coefficient (Wildman–Crippen LogP) is 5.55. The van der Waals surface area contributed by atoms with Crippen molar-refractivity contribution >= 4 is 25.7 Å². The minimum Gasteiger partial charge on any atom is -0.756 e. The zero-order valence-corrected chi connectivity index (χ0v) is 26.2. The van der Waals surface area contributed by atoms with Gasteiger partial charge in [0.05, 0.1) is 6.61 Å². The molecule has 0 bridgehead atoms. The molecule has 0 radical (unpaired) electrons. The molecule has 0 aromatic heterocycles. The maximum Gasteiger partial charge on any atom is 0.407 e. The summed E-state index contributed by atoms with van der Waals surface area (Å²) < 4.78 is 32.0. The molecule has 1 rings (SSSR count). The predicted molar refractivity (Wildman–Crippen MR) is 157 cm³/mol. The highest BCUT2D eigenvalue weighted by atomic mass is 32.2. The van der Waals surface area contributed by atoms with Crippen LogP contribution in [0.1, 0.15) is 110 Å². The normalized spacial score (nSPS) is 17.3. The van der Waals surface area contributed by atoms with E-state index in [4.69, 9.17) is 18.5 Å². The maximum absolute atomic E-state index is 11.9. The molecular formula is C28H55N2O7PS. The summed E-state index contributed by atoms with van der Waals surface area (Å²) in [5.41, 5.74) is 0. The molecule has 230 valence electrons. The lowest BCUT2D eigenvalue weighted by Crippen LogP contribution is -3.06. The highest BCUT2D eigenvalue weighted by molar-refractivity contribution is 8.02. The molecule has 1 heterocycles. The average molecular weight is 595 g/mol. The molecule has 0 fully saturated rings. The largest absolute Gasteiger partial charge is 0.756 e. The summed E-state index contributed by atoms with van der Waals surface area (Å²) in [6.07, 6.45) is 21.6. The highest BCUT2D eigenvalue weighted by Crippen LogP contribution is 2.38. The number of rotatable bonds is 27. The van der Waals surface area contributed by atoms with Crippen LogP contribution in [-0.4, -0.2) is 58.1 Å². The summed E-state index contributed by atoms with van der Waals surface area (Å²) in [4.78, 5) is 25.0. The molecule has 2 N–H and O–H groups in total. The zero-order chi connectivity index (χ0) is 28.4. The summed E-state index contributed by atoms with van der Waals surface area (Å²) in [5.74, 6) is 0.859. The first kappa shape index (κ1) is 36.4. The molecule has 3 atom stereocenters. The van der Waals surface area contributed by atoms with E-state index >= 15 is 0 Å². The van der Waals surface area contributed by atoms with Crippen molar-refractivity contribution in [2.24, 2.45) is 0 Å². The van der Waals surface area contributed by atoms with Crippen LogP contribution in [0.25, 0.3) is 0 Å². The van der Waals surface area contributed by atoms with Gasteiger partial charge < -0.3 is 28.7 Å². The lowest BCUT2D eigenvalue weighted by molar-refractivity contribution is -0.830. The molecule has 1 aliphatic rings. The van der Waals surface area contributed by atoms with Crippen LogP contribution in [0.5, 0.6) is 0 Å². The van der Waals surface area contributed by atoms with Crippen LogP contribution in [-0.2, 0) is 23.1 Å². The monoisotopic (exact) mass is 594 g/mol. The summed E-state index contributed by atoms with van der Waals surface area (Å²) >= 11 is 1.67. The second-order valence-electron chi connectivity index (χ2n) is 10.3. The number of unbranched alkanes of at least 4 members (excludes halogenated alkanes) is 15. The highest BCUT2D eigenvalue weighted by Gasteiger charge is 2.18. The average Bonchev–Trinajstić information content (AvgIpc) is 3.44. The molecule has 0 saturated carbocycles. The Morgan fingerprint density at radius 1 is 0.923 bits per heavy atom. The van der Waals surface area contributed by atoms with Gasteiger partial charge in [-0.1, -0.05) is 115 Å². The van der Waals surface area contributed by atoms with Crippen molar-refractivity contribution in [3.8, 4) is 0 Å². The third-order valence-corrected chi connectivity index (χ3v) is 8.62. The summed E-state index contributed by atoms with van der Waals surface area (Å²) in [7, 11) is -3.04. The molecule has 0 aromatic rings. The van der Waals surface area contributed by atoms with E-state index in [0.29, 0.717) is 13.1 Å². The van der Waals surface area contributed by atoms with Gasteiger partial charge >= 0.3 is 6.09 Å². The van der Waals surface area contributed by atoms with Crippen molar-refractivity contribution in [1.82, 2.24) is 5.32 Å². The number of phosphoric acid groups is 1. The van der Waals surface area contributed by atoms with E-state index in [1.807, 2.05) is 11.6 Å². The Bertz CT molecular complexity index is 672. The van der Waals surface area contributed by atoms with Gasteiger partial charge in [0.15, 0.2) is 0 Å². The fourth-order valence-electron chi connectivity index (χ4n) is 4.27. The first-order valence-corrected chi connectivity index (χ1v) is 17.6. The second kappa shape index (κ2) is 25.1. The van der Waals surface area contributed by atoms with E-state index in [0.717, 1.165) is 23.6 Å². The van der Waals surface area contributed by atoms with Gasteiger partial charge in [0.25, 0.3) is 7.82 Å². The number of quaternary nitrogens is 1. The van der Waals surface area contributed by atoms with Crippen molar-refractivity contribution < 1.29 is 37.7 Å². The SMILES string of the molecule is CCCCCCCCCCCCCCCCCCNC(=O)OCC(COP(=O)([O-])OCC[NH+]1C=CSC1)OC. The lowest BCUT2D eigenvalue weighted by Gasteiger charge is -2.25. The fraction of sp³-hybridized carbons (Fsp3) is 0.893. The Kier molecular flexibility index (Phi) is 23.5. The summed E-state index contributed by atoms with van der Waals surface area (Å²) in [6, 6.07) is 0. The van der Waals surface area contributed by atoms with Crippen molar-refractivity contribution in [3.05, 3.63) is 11.6 Å². The van der Waals surface area contributed by atoms with Gasteiger partial charge in [-0.2, -0.15) is 0 Å². The van der Waals surface area contributed by atoms with Crippen LogP contribution in [0, 0.1) is 0 Å². The van der Waals surface area contributed by atoms with Crippen molar-refractivity contribution in [2.75, 3.05) is 45.9 Å². The smallest absolute Gasteiger partial charge is 0.407 e. The number of carbonyl (C=O) groups is 1. The van der Waals surface area contributed by atoms with E-state index in [-0.39, 0.29) is 19.8 Å². The molecule has 1 amide bonds. The van der Waals surface area contributed by atoms with Crippen molar-refractivity contribution in [1.29, 1.82) is 0 Å². The number of hydrogen-bond donors (Lipinski definition) is 2. The first-order chi connectivity index (χ1) is 19.0. The van der Waals surface area contributed by atoms with Crippen molar-refractivity contribution in [3.63, 3.8) is 0 Å². The van der Waals surface area contributed by atoms with Gasteiger partial charge in [-0.05, 0) is 6.42 Å². The van der Waals surface area contributed by atoms with Gasteiger partial charge in [-0.15, -0.1) is 0 Å². The number of carbonyl (C=O) groups excluding carboxylic acids is 1. The van der Waals surface area contributed by atoms with Crippen LogP contribution in [0.2, 0.25) is 0 Å². The molecule has 9 nitrogen and oxygen atoms in total. The Morgan fingerprint density at radius 2 is 1.49 bits per heavy atom. The van der Waals surface area contributed by atoms with Crippen LogP contribution in [0.15, 0.2) is 11.6 Å². The lowest BCUT2D eigenvalue weighted by atomic mass is 10.0. The molecule has 0 spiro atoms.